The first kappa shape index (κ1) is 18.8. The second-order valence-electron chi connectivity index (χ2n) is 8.07. The van der Waals surface area contributed by atoms with Gasteiger partial charge in [0.2, 0.25) is 5.91 Å². The molecule has 2 aromatic rings. The molecule has 0 saturated carbocycles. The Balaban J connectivity index is 1.31. The standard InChI is InChI=1S/C23H26ClN3O2/c24-18-5-3-6-19(15-18)25-8-10-26(11-9-25)23(28)20-14-17-4-1-2-7-21(17)27-12-13-29-16-22(20)27/h1-7,15,20,22H,8-14,16H2. The van der Waals surface area contributed by atoms with Gasteiger partial charge in [-0.25, -0.2) is 0 Å². The van der Waals surface area contributed by atoms with Gasteiger partial charge in [-0.2, -0.15) is 0 Å². The lowest BCUT2D eigenvalue weighted by atomic mass is 9.84. The molecule has 0 spiro atoms. The molecule has 3 heterocycles. The summed E-state index contributed by atoms with van der Waals surface area (Å²) in [6.45, 7) is 5.37. The van der Waals surface area contributed by atoms with Gasteiger partial charge >= 0.3 is 0 Å². The highest BCUT2D eigenvalue weighted by Crippen LogP contribution is 2.36. The maximum absolute atomic E-state index is 13.5. The summed E-state index contributed by atoms with van der Waals surface area (Å²) in [4.78, 5) is 20.3. The van der Waals surface area contributed by atoms with Gasteiger partial charge in [0.25, 0.3) is 0 Å². The van der Waals surface area contributed by atoms with Gasteiger partial charge in [-0.15, -0.1) is 0 Å². The molecule has 5 nitrogen and oxygen atoms in total. The average molecular weight is 412 g/mol. The zero-order valence-electron chi connectivity index (χ0n) is 16.5. The first-order chi connectivity index (χ1) is 14.2. The van der Waals surface area contributed by atoms with E-state index in [9.17, 15) is 4.79 Å². The van der Waals surface area contributed by atoms with Crippen molar-refractivity contribution in [3.05, 3.63) is 59.1 Å². The number of anilines is 2. The molecule has 3 aliphatic heterocycles. The van der Waals surface area contributed by atoms with Crippen molar-refractivity contribution in [2.45, 2.75) is 12.5 Å². The second kappa shape index (κ2) is 7.88. The first-order valence-corrected chi connectivity index (χ1v) is 10.8. The van der Waals surface area contributed by atoms with Crippen LogP contribution in [0.5, 0.6) is 0 Å². The molecule has 1 amide bonds. The fourth-order valence-corrected chi connectivity index (χ4v) is 5.12. The fraction of sp³-hybridized carbons (Fsp3) is 0.435. The van der Waals surface area contributed by atoms with E-state index in [0.29, 0.717) is 6.61 Å². The van der Waals surface area contributed by atoms with Gasteiger partial charge in [-0.05, 0) is 36.2 Å². The Morgan fingerprint density at radius 1 is 1.00 bits per heavy atom. The number of hydrogen-bond donors (Lipinski definition) is 0. The number of amides is 1. The van der Waals surface area contributed by atoms with Crippen molar-refractivity contribution in [3.63, 3.8) is 0 Å². The summed E-state index contributed by atoms with van der Waals surface area (Å²) < 4.78 is 5.77. The van der Waals surface area contributed by atoms with Gasteiger partial charge in [0.05, 0.1) is 25.2 Å². The van der Waals surface area contributed by atoms with Crippen molar-refractivity contribution in [1.29, 1.82) is 0 Å². The van der Waals surface area contributed by atoms with Crippen LogP contribution in [0.2, 0.25) is 5.02 Å². The van der Waals surface area contributed by atoms with Crippen LogP contribution in [-0.4, -0.2) is 62.8 Å². The molecular formula is C23H26ClN3O2. The number of fused-ring (bicyclic) bond motifs is 3. The van der Waals surface area contributed by atoms with Gasteiger partial charge in [-0.3, -0.25) is 4.79 Å². The maximum atomic E-state index is 13.5. The van der Waals surface area contributed by atoms with Gasteiger partial charge in [0.15, 0.2) is 0 Å². The minimum Gasteiger partial charge on any atom is -0.377 e. The molecule has 0 radical (unpaired) electrons. The number of nitrogens with zero attached hydrogens (tertiary/aromatic N) is 3. The van der Waals surface area contributed by atoms with E-state index in [1.54, 1.807) is 0 Å². The van der Waals surface area contributed by atoms with Crippen LogP contribution >= 0.6 is 11.6 Å². The van der Waals surface area contributed by atoms with Crippen molar-refractivity contribution in [2.24, 2.45) is 5.92 Å². The quantitative estimate of drug-likeness (QED) is 0.761. The Bertz CT molecular complexity index is 897. The number of rotatable bonds is 2. The van der Waals surface area contributed by atoms with Gasteiger partial charge < -0.3 is 19.4 Å². The maximum Gasteiger partial charge on any atom is 0.228 e. The van der Waals surface area contributed by atoms with Crippen LogP contribution in [0.15, 0.2) is 48.5 Å². The lowest BCUT2D eigenvalue weighted by molar-refractivity contribution is -0.137. The van der Waals surface area contributed by atoms with Crippen molar-refractivity contribution < 1.29 is 9.53 Å². The van der Waals surface area contributed by atoms with Gasteiger partial charge in [-0.1, -0.05) is 35.9 Å². The summed E-state index contributed by atoms with van der Waals surface area (Å²) >= 11 is 6.14. The number of morpholine rings is 1. The predicted octanol–water partition coefficient (Wildman–Crippen LogP) is 3.07. The third-order valence-electron chi connectivity index (χ3n) is 6.45. The lowest BCUT2D eigenvalue weighted by Crippen LogP contribution is -2.59. The van der Waals surface area contributed by atoms with Crippen LogP contribution in [0.1, 0.15) is 5.56 Å². The Kier molecular flexibility index (Phi) is 5.10. The Hall–Kier alpha value is -2.24. The average Bonchev–Trinajstić information content (AvgIpc) is 2.78. The molecule has 0 aromatic heterocycles. The smallest absolute Gasteiger partial charge is 0.228 e. The van der Waals surface area contributed by atoms with Crippen molar-refractivity contribution >= 4 is 28.9 Å². The number of benzene rings is 2. The summed E-state index contributed by atoms with van der Waals surface area (Å²) in [7, 11) is 0. The molecule has 5 rings (SSSR count). The predicted molar refractivity (Wildman–Crippen MR) is 116 cm³/mol. The molecule has 0 aliphatic carbocycles. The van der Waals surface area contributed by atoms with Crippen LogP contribution in [0.3, 0.4) is 0 Å². The van der Waals surface area contributed by atoms with Crippen LogP contribution < -0.4 is 9.80 Å². The number of hydrogen-bond acceptors (Lipinski definition) is 4. The zero-order chi connectivity index (χ0) is 19.8. The van der Waals surface area contributed by atoms with Gasteiger partial charge in [0.1, 0.15) is 0 Å². The second-order valence-corrected chi connectivity index (χ2v) is 8.50. The molecule has 152 valence electrons. The van der Waals surface area contributed by atoms with Crippen LogP contribution in [0.25, 0.3) is 0 Å². The molecule has 2 saturated heterocycles. The van der Waals surface area contributed by atoms with Crippen molar-refractivity contribution in [3.8, 4) is 0 Å². The van der Waals surface area contributed by atoms with E-state index in [1.165, 1.54) is 11.3 Å². The summed E-state index contributed by atoms with van der Waals surface area (Å²) in [6.07, 6.45) is 0.800. The highest BCUT2D eigenvalue weighted by molar-refractivity contribution is 6.30. The summed E-state index contributed by atoms with van der Waals surface area (Å²) in [5.41, 5.74) is 3.68. The molecule has 2 aromatic carbocycles. The highest BCUT2D eigenvalue weighted by Gasteiger charge is 2.42. The molecule has 29 heavy (non-hydrogen) atoms. The monoisotopic (exact) mass is 411 g/mol. The summed E-state index contributed by atoms with van der Waals surface area (Å²) in [5.74, 6) is 0.230. The van der Waals surface area contributed by atoms with E-state index in [-0.39, 0.29) is 17.9 Å². The van der Waals surface area contributed by atoms with E-state index >= 15 is 0 Å². The normalized spacial score (nSPS) is 24.1. The minimum absolute atomic E-state index is 0.0390. The molecule has 0 N–H and O–H groups in total. The van der Waals surface area contributed by atoms with Crippen molar-refractivity contribution in [2.75, 3.05) is 55.7 Å². The molecule has 3 aliphatic rings. The van der Waals surface area contributed by atoms with E-state index in [4.69, 9.17) is 16.3 Å². The topological polar surface area (TPSA) is 36.0 Å². The molecule has 2 fully saturated rings. The third-order valence-corrected chi connectivity index (χ3v) is 6.69. The molecular weight excluding hydrogens is 386 g/mol. The number of piperazine rings is 1. The Morgan fingerprint density at radius 2 is 1.83 bits per heavy atom. The molecule has 0 bridgehead atoms. The largest absolute Gasteiger partial charge is 0.377 e. The van der Waals surface area contributed by atoms with E-state index in [1.807, 2.05) is 23.1 Å². The van der Waals surface area contributed by atoms with Crippen LogP contribution in [0, 0.1) is 5.92 Å². The Labute approximate surface area is 176 Å². The van der Waals surface area contributed by atoms with Gasteiger partial charge in [0, 0.05) is 49.1 Å². The number of halogens is 1. The number of para-hydroxylation sites is 1. The molecule has 6 heteroatoms. The number of carbonyl (C=O) groups is 1. The molecule has 2 atom stereocenters. The first-order valence-electron chi connectivity index (χ1n) is 10.4. The Morgan fingerprint density at radius 3 is 2.66 bits per heavy atom. The van der Waals surface area contributed by atoms with E-state index in [2.05, 4.69) is 40.1 Å². The summed E-state index contributed by atoms with van der Waals surface area (Å²) in [6, 6.07) is 16.6. The minimum atomic E-state index is -0.0390. The van der Waals surface area contributed by atoms with E-state index < -0.39 is 0 Å². The van der Waals surface area contributed by atoms with Crippen LogP contribution in [0.4, 0.5) is 11.4 Å². The highest BCUT2D eigenvalue weighted by atomic mass is 35.5. The number of carbonyl (C=O) groups excluding carboxylic acids is 1. The molecule has 2 unspecified atom stereocenters. The third kappa shape index (κ3) is 3.58. The zero-order valence-corrected chi connectivity index (χ0v) is 17.2. The van der Waals surface area contributed by atoms with Crippen LogP contribution in [-0.2, 0) is 16.0 Å². The van der Waals surface area contributed by atoms with E-state index in [0.717, 1.165) is 56.5 Å². The SMILES string of the molecule is O=C(C1Cc2ccccc2N2CCOCC12)N1CCN(c2cccc(Cl)c2)CC1. The summed E-state index contributed by atoms with van der Waals surface area (Å²) in [5, 5.41) is 0.749. The number of ether oxygens (including phenoxy) is 1. The lowest BCUT2D eigenvalue weighted by Gasteiger charge is -2.47. The van der Waals surface area contributed by atoms with Crippen molar-refractivity contribution in [1.82, 2.24) is 4.90 Å². The fourth-order valence-electron chi connectivity index (χ4n) is 4.94.